The highest BCUT2D eigenvalue weighted by atomic mass is 35.5. The summed E-state index contributed by atoms with van der Waals surface area (Å²) >= 11 is 5.87. The third-order valence-electron chi connectivity index (χ3n) is 4.58. The molecule has 1 aliphatic rings. The minimum absolute atomic E-state index is 0.00139. The number of piperidine rings is 1. The van der Waals surface area contributed by atoms with Crippen LogP contribution in [-0.4, -0.2) is 23.9 Å². The Kier molecular flexibility index (Phi) is 6.05. The van der Waals surface area contributed by atoms with Gasteiger partial charge in [-0.2, -0.15) is 0 Å². The van der Waals surface area contributed by atoms with Crippen molar-refractivity contribution in [3.8, 4) is 0 Å². The van der Waals surface area contributed by atoms with Gasteiger partial charge in [0.25, 0.3) is 0 Å². The highest BCUT2D eigenvalue weighted by Gasteiger charge is 2.25. The molecule has 0 aliphatic carbocycles. The van der Waals surface area contributed by atoms with E-state index in [-0.39, 0.29) is 17.6 Å². The molecule has 0 spiro atoms. The molecule has 1 atom stereocenters. The minimum atomic E-state index is -0.221. The van der Waals surface area contributed by atoms with Gasteiger partial charge in [0.15, 0.2) is 0 Å². The molecular weight excluding hydrogens is 339 g/mol. The second kappa shape index (κ2) is 8.45. The molecule has 2 aromatic rings. The summed E-state index contributed by atoms with van der Waals surface area (Å²) in [6.45, 7) is 2.98. The van der Waals surface area contributed by atoms with E-state index < -0.39 is 0 Å². The molecule has 1 fully saturated rings. The fraction of sp³-hybridized carbons (Fsp3) is 0.350. The Morgan fingerprint density at radius 1 is 1.12 bits per heavy atom. The predicted octanol–water partition coefficient (Wildman–Crippen LogP) is 4.01. The largest absolute Gasteiger partial charge is 0.352 e. The number of halogens is 2. The van der Waals surface area contributed by atoms with Gasteiger partial charge in [0, 0.05) is 24.7 Å². The van der Waals surface area contributed by atoms with Crippen molar-refractivity contribution in [2.45, 2.75) is 25.9 Å². The number of amides is 1. The lowest BCUT2D eigenvalue weighted by molar-refractivity contribution is -0.126. The Balaban J connectivity index is 1.50. The van der Waals surface area contributed by atoms with E-state index in [9.17, 15) is 9.18 Å². The summed E-state index contributed by atoms with van der Waals surface area (Å²) < 4.78 is 13.0. The minimum Gasteiger partial charge on any atom is -0.352 e. The van der Waals surface area contributed by atoms with Gasteiger partial charge >= 0.3 is 0 Å². The molecule has 3 nitrogen and oxygen atoms in total. The number of hydrogen-bond acceptors (Lipinski definition) is 2. The molecular formula is C20H22ClFN2O. The van der Waals surface area contributed by atoms with Gasteiger partial charge in [-0.3, -0.25) is 9.69 Å². The average molecular weight is 361 g/mol. The third kappa shape index (κ3) is 5.28. The maximum absolute atomic E-state index is 13.0. The Hall–Kier alpha value is -1.91. The summed E-state index contributed by atoms with van der Waals surface area (Å²) in [7, 11) is 0. The highest BCUT2D eigenvalue weighted by Crippen LogP contribution is 2.19. The lowest BCUT2D eigenvalue weighted by Crippen LogP contribution is -2.42. The normalized spacial score (nSPS) is 18.1. The second-order valence-corrected chi connectivity index (χ2v) is 6.98. The molecule has 0 radical (unpaired) electrons. The zero-order chi connectivity index (χ0) is 17.6. The number of rotatable bonds is 5. The fourth-order valence-electron chi connectivity index (χ4n) is 3.20. The van der Waals surface area contributed by atoms with Crippen LogP contribution in [0.2, 0.25) is 5.02 Å². The molecule has 2 aromatic carbocycles. The van der Waals surface area contributed by atoms with Gasteiger partial charge in [-0.15, -0.1) is 0 Å². The van der Waals surface area contributed by atoms with Crippen molar-refractivity contribution in [1.82, 2.24) is 10.2 Å². The summed E-state index contributed by atoms with van der Waals surface area (Å²) in [5.41, 5.74) is 2.11. The lowest BCUT2D eigenvalue weighted by atomic mass is 9.96. The molecule has 1 amide bonds. The molecule has 1 saturated heterocycles. The summed E-state index contributed by atoms with van der Waals surface area (Å²) in [6, 6.07) is 14.1. The molecule has 0 unspecified atom stereocenters. The maximum Gasteiger partial charge on any atom is 0.224 e. The van der Waals surface area contributed by atoms with E-state index in [2.05, 4.69) is 10.2 Å². The molecule has 1 aliphatic heterocycles. The van der Waals surface area contributed by atoms with Crippen LogP contribution in [0.4, 0.5) is 4.39 Å². The highest BCUT2D eigenvalue weighted by molar-refractivity contribution is 6.30. The van der Waals surface area contributed by atoms with E-state index in [0.717, 1.165) is 43.6 Å². The molecule has 0 bridgehead atoms. The second-order valence-electron chi connectivity index (χ2n) is 6.55. The van der Waals surface area contributed by atoms with Crippen LogP contribution >= 0.6 is 11.6 Å². The van der Waals surface area contributed by atoms with Crippen LogP contribution in [0.5, 0.6) is 0 Å². The van der Waals surface area contributed by atoms with Gasteiger partial charge in [0.1, 0.15) is 5.82 Å². The van der Waals surface area contributed by atoms with Gasteiger partial charge in [-0.1, -0.05) is 35.9 Å². The van der Waals surface area contributed by atoms with Crippen LogP contribution in [0.1, 0.15) is 24.0 Å². The van der Waals surface area contributed by atoms with E-state index in [0.29, 0.717) is 11.6 Å². The van der Waals surface area contributed by atoms with Crippen LogP contribution in [0.15, 0.2) is 48.5 Å². The van der Waals surface area contributed by atoms with E-state index >= 15 is 0 Å². The molecule has 3 rings (SSSR count). The summed E-state index contributed by atoms with van der Waals surface area (Å²) in [5.74, 6) is -0.123. The Bertz CT molecular complexity index is 703. The number of carbonyl (C=O) groups is 1. The van der Waals surface area contributed by atoms with Crippen molar-refractivity contribution in [2.75, 3.05) is 13.1 Å². The topological polar surface area (TPSA) is 32.3 Å². The zero-order valence-corrected chi connectivity index (χ0v) is 14.8. The quantitative estimate of drug-likeness (QED) is 0.873. The van der Waals surface area contributed by atoms with E-state index in [1.807, 2.05) is 24.3 Å². The molecule has 0 saturated carbocycles. The summed E-state index contributed by atoms with van der Waals surface area (Å²) in [6.07, 6.45) is 1.91. The average Bonchev–Trinajstić information content (AvgIpc) is 2.63. The number of benzene rings is 2. The van der Waals surface area contributed by atoms with Gasteiger partial charge < -0.3 is 5.32 Å². The summed E-state index contributed by atoms with van der Waals surface area (Å²) in [4.78, 5) is 14.7. The standard InChI is InChI=1S/C20H22ClFN2O/c21-18-7-3-15(4-8-18)12-23-20(25)17-2-1-11-24(14-17)13-16-5-9-19(22)10-6-16/h3-10,17H,1-2,11-14H2,(H,23,25)/t17-/m1/s1. The molecule has 5 heteroatoms. The van der Waals surface area contributed by atoms with Crippen molar-refractivity contribution in [3.05, 3.63) is 70.5 Å². The van der Waals surface area contributed by atoms with E-state index in [4.69, 9.17) is 11.6 Å². The van der Waals surface area contributed by atoms with Gasteiger partial charge in [0.05, 0.1) is 5.92 Å². The molecule has 25 heavy (non-hydrogen) atoms. The Labute approximate surface area is 152 Å². The third-order valence-corrected chi connectivity index (χ3v) is 4.83. The van der Waals surface area contributed by atoms with Crippen LogP contribution in [0, 0.1) is 11.7 Å². The lowest BCUT2D eigenvalue weighted by Gasteiger charge is -2.32. The summed E-state index contributed by atoms with van der Waals surface area (Å²) in [5, 5.41) is 3.72. The number of carbonyl (C=O) groups excluding carboxylic acids is 1. The van der Waals surface area contributed by atoms with Crippen molar-refractivity contribution >= 4 is 17.5 Å². The van der Waals surface area contributed by atoms with Crippen molar-refractivity contribution < 1.29 is 9.18 Å². The van der Waals surface area contributed by atoms with Crippen molar-refractivity contribution in [1.29, 1.82) is 0 Å². The first-order valence-corrected chi connectivity index (χ1v) is 8.97. The van der Waals surface area contributed by atoms with Gasteiger partial charge in [0.2, 0.25) is 5.91 Å². The Morgan fingerprint density at radius 3 is 2.52 bits per heavy atom. The maximum atomic E-state index is 13.0. The number of nitrogens with one attached hydrogen (secondary N) is 1. The molecule has 132 valence electrons. The number of nitrogens with zero attached hydrogens (tertiary/aromatic N) is 1. The molecule has 1 heterocycles. The monoisotopic (exact) mass is 360 g/mol. The smallest absolute Gasteiger partial charge is 0.224 e. The first kappa shape index (κ1) is 17.9. The van der Waals surface area contributed by atoms with Gasteiger partial charge in [-0.05, 0) is 54.8 Å². The SMILES string of the molecule is O=C(NCc1ccc(Cl)cc1)[C@@H]1CCCN(Cc2ccc(F)cc2)C1. The number of likely N-dealkylation sites (tertiary alicyclic amines) is 1. The predicted molar refractivity (Wildman–Crippen MR) is 97.7 cm³/mol. The van der Waals surface area contributed by atoms with Crippen LogP contribution in [-0.2, 0) is 17.9 Å². The van der Waals surface area contributed by atoms with Crippen LogP contribution in [0.25, 0.3) is 0 Å². The molecule has 0 aromatic heterocycles. The van der Waals surface area contributed by atoms with Crippen molar-refractivity contribution in [3.63, 3.8) is 0 Å². The van der Waals surface area contributed by atoms with Crippen molar-refractivity contribution in [2.24, 2.45) is 5.92 Å². The van der Waals surface area contributed by atoms with E-state index in [1.165, 1.54) is 12.1 Å². The first-order valence-electron chi connectivity index (χ1n) is 8.59. The molecule has 1 N–H and O–H groups in total. The van der Waals surface area contributed by atoms with Gasteiger partial charge in [-0.25, -0.2) is 4.39 Å². The number of hydrogen-bond donors (Lipinski definition) is 1. The first-order chi connectivity index (χ1) is 12.1. The van der Waals surface area contributed by atoms with Crippen LogP contribution < -0.4 is 5.32 Å². The van der Waals surface area contributed by atoms with Crippen LogP contribution in [0.3, 0.4) is 0 Å². The Morgan fingerprint density at radius 2 is 1.80 bits per heavy atom. The van der Waals surface area contributed by atoms with E-state index in [1.54, 1.807) is 12.1 Å². The zero-order valence-electron chi connectivity index (χ0n) is 14.1. The fourth-order valence-corrected chi connectivity index (χ4v) is 3.32.